The first-order valence-electron chi connectivity index (χ1n) is 11.0. The van der Waals surface area contributed by atoms with Crippen molar-refractivity contribution in [1.29, 1.82) is 0 Å². The lowest BCUT2D eigenvalue weighted by Crippen LogP contribution is -2.32. The van der Waals surface area contributed by atoms with Crippen molar-refractivity contribution in [3.8, 4) is 17.0 Å². The Bertz CT molecular complexity index is 1240. The molecule has 3 aromatic rings. The van der Waals surface area contributed by atoms with Crippen LogP contribution in [0.5, 0.6) is 5.75 Å². The van der Waals surface area contributed by atoms with E-state index >= 15 is 0 Å². The summed E-state index contributed by atoms with van der Waals surface area (Å²) in [6.07, 6.45) is 3.28. The minimum Gasteiger partial charge on any atom is -0.491 e. The van der Waals surface area contributed by atoms with Gasteiger partial charge in [-0.2, -0.15) is 5.10 Å². The highest BCUT2D eigenvalue weighted by molar-refractivity contribution is 5.99. The standard InChI is InChI=1S/C23H26FN7O2/c1-13-19-16-12-26-21(25)22(27-16)31-8-4-5-17(31)15-11-14(24)6-7-18(15)33-10-9-29(2)23(32)20(19)28-30(13)3/h6-7,11-12,17H,4-5,8-10H2,1-3H3,(H2,25,26)/t17-/m1/s1. The molecule has 2 aliphatic rings. The van der Waals surface area contributed by atoms with Crippen LogP contribution in [0.25, 0.3) is 11.3 Å². The van der Waals surface area contributed by atoms with E-state index in [1.165, 1.54) is 12.1 Å². The van der Waals surface area contributed by atoms with Crippen LogP contribution >= 0.6 is 0 Å². The third-order valence-corrected chi connectivity index (χ3v) is 6.46. The van der Waals surface area contributed by atoms with Crippen LogP contribution in [0.4, 0.5) is 16.0 Å². The van der Waals surface area contributed by atoms with Crippen LogP contribution in [0.1, 0.15) is 40.6 Å². The van der Waals surface area contributed by atoms with Gasteiger partial charge in [0, 0.05) is 31.9 Å². The summed E-state index contributed by atoms with van der Waals surface area (Å²) in [5, 5.41) is 4.47. The maximum Gasteiger partial charge on any atom is 0.274 e. The number of rotatable bonds is 0. The molecule has 9 nitrogen and oxygen atoms in total. The normalized spacial score (nSPS) is 18.3. The van der Waals surface area contributed by atoms with Crippen LogP contribution in [0, 0.1) is 12.7 Å². The van der Waals surface area contributed by atoms with Crippen molar-refractivity contribution in [2.45, 2.75) is 25.8 Å². The molecule has 2 aromatic heterocycles. The van der Waals surface area contributed by atoms with Crippen LogP contribution in [0.3, 0.4) is 0 Å². The molecule has 0 saturated carbocycles. The molecule has 2 bridgehead atoms. The van der Waals surface area contributed by atoms with E-state index in [4.69, 9.17) is 15.5 Å². The summed E-state index contributed by atoms with van der Waals surface area (Å²) < 4.78 is 22.0. The molecule has 5 rings (SSSR count). The van der Waals surface area contributed by atoms with Crippen molar-refractivity contribution in [2.75, 3.05) is 37.4 Å². The van der Waals surface area contributed by atoms with E-state index in [1.807, 2.05) is 6.92 Å². The predicted octanol–water partition coefficient (Wildman–Crippen LogP) is 2.71. The molecule has 33 heavy (non-hydrogen) atoms. The molecule has 0 unspecified atom stereocenters. The average Bonchev–Trinajstić information content (AvgIpc) is 3.39. The fourth-order valence-electron chi connectivity index (χ4n) is 4.61. The Morgan fingerprint density at radius 3 is 2.88 bits per heavy atom. The highest BCUT2D eigenvalue weighted by Crippen LogP contribution is 2.42. The van der Waals surface area contributed by atoms with Gasteiger partial charge in [-0.15, -0.1) is 0 Å². The molecule has 172 valence electrons. The van der Waals surface area contributed by atoms with Gasteiger partial charge >= 0.3 is 0 Å². The van der Waals surface area contributed by atoms with E-state index in [0.29, 0.717) is 41.6 Å². The summed E-state index contributed by atoms with van der Waals surface area (Å²) in [4.78, 5) is 26.1. The van der Waals surface area contributed by atoms with E-state index in [9.17, 15) is 9.18 Å². The van der Waals surface area contributed by atoms with E-state index < -0.39 is 0 Å². The van der Waals surface area contributed by atoms with Crippen LogP contribution in [0.15, 0.2) is 24.4 Å². The molecule has 0 spiro atoms. The number of nitrogens with two attached hydrogens (primary N) is 1. The first-order valence-corrected chi connectivity index (χ1v) is 11.0. The number of nitrogen functional groups attached to an aromatic ring is 1. The van der Waals surface area contributed by atoms with Crippen LogP contribution in [0.2, 0.25) is 0 Å². The minimum absolute atomic E-state index is 0.153. The summed E-state index contributed by atoms with van der Waals surface area (Å²) >= 11 is 0. The lowest BCUT2D eigenvalue weighted by molar-refractivity contribution is 0.0767. The zero-order valence-corrected chi connectivity index (χ0v) is 18.9. The molecule has 1 aromatic carbocycles. The topological polar surface area (TPSA) is 102 Å². The van der Waals surface area contributed by atoms with Gasteiger partial charge in [-0.25, -0.2) is 14.4 Å². The number of carbonyl (C=O) groups is 1. The number of nitrogens with zero attached hydrogens (tertiary/aromatic N) is 6. The van der Waals surface area contributed by atoms with E-state index in [0.717, 1.165) is 24.1 Å². The predicted molar refractivity (Wildman–Crippen MR) is 122 cm³/mol. The van der Waals surface area contributed by atoms with Crippen LogP contribution < -0.4 is 15.4 Å². The van der Waals surface area contributed by atoms with Gasteiger partial charge in [0.05, 0.1) is 30.0 Å². The Morgan fingerprint density at radius 2 is 2.06 bits per heavy atom. The van der Waals surface area contributed by atoms with Crippen molar-refractivity contribution in [1.82, 2.24) is 24.6 Å². The highest BCUT2D eigenvalue weighted by atomic mass is 19.1. The van der Waals surface area contributed by atoms with Crippen molar-refractivity contribution in [3.63, 3.8) is 0 Å². The molecule has 1 atom stereocenters. The van der Waals surface area contributed by atoms with Gasteiger partial charge in [0.25, 0.3) is 5.91 Å². The maximum absolute atomic E-state index is 14.3. The number of hydrogen-bond acceptors (Lipinski definition) is 7. The molecule has 2 aliphatic heterocycles. The third kappa shape index (κ3) is 3.55. The van der Waals surface area contributed by atoms with Gasteiger partial charge in [-0.05, 0) is 38.0 Å². The summed E-state index contributed by atoms with van der Waals surface area (Å²) in [7, 11) is 3.50. The van der Waals surface area contributed by atoms with E-state index in [2.05, 4.69) is 15.0 Å². The third-order valence-electron chi connectivity index (χ3n) is 6.46. The molecule has 0 radical (unpaired) electrons. The molecule has 1 amide bonds. The van der Waals surface area contributed by atoms with Crippen molar-refractivity contribution >= 4 is 17.5 Å². The first kappa shape index (κ1) is 21.2. The summed E-state index contributed by atoms with van der Waals surface area (Å²) in [6, 6.07) is 4.38. The Morgan fingerprint density at radius 1 is 1.24 bits per heavy atom. The number of carbonyl (C=O) groups excluding carboxylic acids is 1. The lowest BCUT2D eigenvalue weighted by atomic mass is 10.0. The van der Waals surface area contributed by atoms with Crippen LogP contribution in [-0.4, -0.2) is 57.3 Å². The Kier molecular flexibility index (Phi) is 5.15. The number of benzene rings is 1. The number of hydrogen-bond donors (Lipinski definition) is 1. The number of amides is 1. The largest absolute Gasteiger partial charge is 0.491 e. The number of likely N-dealkylation sites (N-methyl/N-ethyl adjacent to an activating group) is 1. The monoisotopic (exact) mass is 451 g/mol. The second-order valence-electron chi connectivity index (χ2n) is 8.51. The van der Waals surface area contributed by atoms with Gasteiger partial charge < -0.3 is 20.3 Å². The second kappa shape index (κ2) is 8.02. The zero-order chi connectivity index (χ0) is 23.3. The Labute approximate surface area is 191 Å². The van der Waals surface area contributed by atoms with E-state index in [-0.39, 0.29) is 30.2 Å². The molecule has 10 heteroatoms. The van der Waals surface area contributed by atoms with Crippen molar-refractivity contribution in [2.24, 2.45) is 7.05 Å². The smallest absolute Gasteiger partial charge is 0.274 e. The molecule has 2 N–H and O–H groups in total. The molecule has 1 saturated heterocycles. The highest BCUT2D eigenvalue weighted by Gasteiger charge is 2.33. The second-order valence-corrected chi connectivity index (χ2v) is 8.51. The van der Waals surface area contributed by atoms with E-state index in [1.54, 1.807) is 35.9 Å². The first-order chi connectivity index (χ1) is 15.8. The molecule has 4 heterocycles. The maximum atomic E-state index is 14.3. The van der Waals surface area contributed by atoms with Crippen molar-refractivity contribution < 1.29 is 13.9 Å². The summed E-state index contributed by atoms with van der Waals surface area (Å²) in [5.41, 5.74) is 9.27. The number of aryl methyl sites for hydroxylation is 1. The number of ether oxygens (including phenoxy) is 1. The number of halogens is 1. The van der Waals surface area contributed by atoms with Crippen molar-refractivity contribution in [3.05, 3.63) is 47.2 Å². The average molecular weight is 452 g/mol. The fourth-order valence-corrected chi connectivity index (χ4v) is 4.61. The van der Waals surface area contributed by atoms with Gasteiger partial charge in [-0.3, -0.25) is 9.48 Å². The van der Waals surface area contributed by atoms with Crippen LogP contribution in [-0.2, 0) is 7.05 Å². The Balaban J connectivity index is 1.72. The SMILES string of the molecule is Cc1c2c(nn1C)C(=O)N(C)CCOc1ccc(F)cc1[C@H]1CCCN1c1nc-2cnc1N. The number of anilines is 2. The Hall–Kier alpha value is -3.69. The van der Waals surface area contributed by atoms with Gasteiger partial charge in [0.2, 0.25) is 0 Å². The molecular formula is C23H26FN7O2. The van der Waals surface area contributed by atoms with Gasteiger partial charge in [0.1, 0.15) is 18.2 Å². The lowest BCUT2D eigenvalue weighted by Gasteiger charge is -2.29. The van der Waals surface area contributed by atoms with Gasteiger partial charge in [-0.1, -0.05) is 0 Å². The quantitative estimate of drug-likeness (QED) is 0.561. The number of aromatic nitrogens is 4. The molecule has 1 fully saturated rings. The summed E-state index contributed by atoms with van der Waals surface area (Å²) in [6.45, 7) is 3.20. The number of fused-ring (bicyclic) bond motifs is 8. The fraction of sp³-hybridized carbons (Fsp3) is 0.391. The summed E-state index contributed by atoms with van der Waals surface area (Å²) in [5.74, 6) is 0.803. The molecule has 0 aliphatic carbocycles. The minimum atomic E-state index is -0.332. The molecular weight excluding hydrogens is 425 g/mol. The zero-order valence-electron chi connectivity index (χ0n) is 18.9. The van der Waals surface area contributed by atoms with Gasteiger partial charge in [0.15, 0.2) is 17.3 Å².